The fraction of sp³-hybridized carbons (Fsp3) is 0.750. The third kappa shape index (κ3) is 9.08. The van der Waals surface area contributed by atoms with Crippen LogP contribution >= 0.6 is 0 Å². The van der Waals surface area contributed by atoms with Crippen LogP contribution in [-0.2, 0) is 28.7 Å². The van der Waals surface area contributed by atoms with E-state index in [9.17, 15) is 29.4 Å². The van der Waals surface area contributed by atoms with Gasteiger partial charge in [0.1, 0.15) is 6.10 Å². The van der Waals surface area contributed by atoms with Crippen LogP contribution in [0.15, 0.2) is 0 Å². The van der Waals surface area contributed by atoms with Crippen molar-refractivity contribution in [2.45, 2.75) is 69.5 Å². The number of aliphatic carboxylic acids is 2. The summed E-state index contributed by atoms with van der Waals surface area (Å²) in [4.78, 5) is 43.9. The van der Waals surface area contributed by atoms with E-state index in [-0.39, 0.29) is 6.61 Å². The average Bonchev–Trinajstić information content (AvgIpc) is 2.66. The number of esters is 2. The fourth-order valence-electron chi connectivity index (χ4n) is 2.02. The zero-order chi connectivity index (χ0) is 21.9. The third-order valence-electron chi connectivity index (χ3n) is 3.74. The van der Waals surface area contributed by atoms with Gasteiger partial charge >= 0.3 is 23.9 Å². The maximum Gasteiger partial charge on any atom is 0.338 e. The predicted molar refractivity (Wildman–Crippen MR) is 88.9 cm³/mol. The number of unbranched alkanes of at least 4 members (excludes halogenated alkanes) is 2. The third-order valence-corrected chi connectivity index (χ3v) is 3.74. The molecule has 0 aromatic carbocycles. The van der Waals surface area contributed by atoms with Crippen LogP contribution in [0.4, 0.5) is 0 Å². The number of hydrogen-bond donors (Lipinski definition) is 6. The molecular formula is C16H26O12. The van der Waals surface area contributed by atoms with Crippen LogP contribution in [-0.4, -0.2) is 91.6 Å². The second-order valence-electron chi connectivity index (χ2n) is 5.94. The molecule has 162 valence electrons. The summed E-state index contributed by atoms with van der Waals surface area (Å²) < 4.78 is 9.58. The molecule has 5 atom stereocenters. The lowest BCUT2D eigenvalue weighted by Crippen LogP contribution is -2.41. The number of carboxylic acids is 2. The largest absolute Gasteiger partial charge is 0.479 e. The van der Waals surface area contributed by atoms with Crippen LogP contribution in [0.2, 0.25) is 0 Å². The number of hydrogen-bond acceptors (Lipinski definition) is 10. The van der Waals surface area contributed by atoms with Gasteiger partial charge in [-0.3, -0.25) is 0 Å². The Labute approximate surface area is 160 Å². The summed E-state index contributed by atoms with van der Waals surface area (Å²) in [5.41, 5.74) is 0. The van der Waals surface area contributed by atoms with E-state index in [1.165, 1.54) is 0 Å². The first-order valence-electron chi connectivity index (χ1n) is 8.57. The molecule has 0 spiro atoms. The van der Waals surface area contributed by atoms with E-state index in [4.69, 9.17) is 25.2 Å². The highest BCUT2D eigenvalue weighted by Gasteiger charge is 2.33. The Morgan fingerprint density at radius 2 is 1.25 bits per heavy atom. The van der Waals surface area contributed by atoms with Crippen LogP contribution in [0.5, 0.6) is 0 Å². The summed E-state index contributed by atoms with van der Waals surface area (Å²) in [6.45, 7) is 1.58. The van der Waals surface area contributed by atoms with Crippen molar-refractivity contribution < 1.29 is 59.3 Å². The van der Waals surface area contributed by atoms with Gasteiger partial charge in [0.25, 0.3) is 0 Å². The van der Waals surface area contributed by atoms with Crippen molar-refractivity contribution in [1.29, 1.82) is 0 Å². The van der Waals surface area contributed by atoms with Gasteiger partial charge in [0.2, 0.25) is 0 Å². The Morgan fingerprint density at radius 3 is 1.71 bits per heavy atom. The highest BCUT2D eigenvalue weighted by atomic mass is 16.6. The molecule has 0 saturated heterocycles. The molecule has 0 aliphatic heterocycles. The first-order chi connectivity index (χ1) is 13.0. The lowest BCUT2D eigenvalue weighted by atomic mass is 10.1. The number of aliphatic hydroxyl groups excluding tert-OH is 4. The topological polar surface area (TPSA) is 208 Å². The molecule has 0 rings (SSSR count). The normalized spacial score (nSPS) is 16.3. The smallest absolute Gasteiger partial charge is 0.338 e. The van der Waals surface area contributed by atoms with E-state index >= 15 is 0 Å². The van der Waals surface area contributed by atoms with Crippen molar-refractivity contribution in [3.05, 3.63) is 0 Å². The number of carboxylic acid groups (broad SMARTS) is 2. The Balaban J connectivity index is 4.11. The van der Waals surface area contributed by atoms with E-state index < -0.39 is 54.4 Å². The molecule has 12 heteroatoms. The average molecular weight is 410 g/mol. The molecule has 0 saturated carbocycles. The molecule has 0 heterocycles. The zero-order valence-electron chi connectivity index (χ0n) is 15.3. The molecule has 0 aromatic rings. The quantitative estimate of drug-likeness (QED) is 0.136. The molecule has 0 amide bonds. The van der Waals surface area contributed by atoms with Crippen molar-refractivity contribution in [2.75, 3.05) is 6.61 Å². The maximum absolute atomic E-state index is 11.6. The molecule has 6 N–H and O–H groups in total. The standard InChI is InChI=1S/C16H26O12/c1-2-8(28-16(26)12(20)10(18)14(23)24)6-4-3-5-7-27-15(25)11(19)9(17)13(21)22/h8-12,17-20H,2-7H2,1H3,(H,21,22)(H,23,24). The summed E-state index contributed by atoms with van der Waals surface area (Å²) in [6, 6.07) is 0. The van der Waals surface area contributed by atoms with Crippen molar-refractivity contribution in [3.8, 4) is 0 Å². The van der Waals surface area contributed by atoms with Gasteiger partial charge in [0, 0.05) is 0 Å². The lowest BCUT2D eigenvalue weighted by molar-refractivity contribution is -0.173. The van der Waals surface area contributed by atoms with Gasteiger partial charge in [-0.15, -0.1) is 0 Å². The van der Waals surface area contributed by atoms with Gasteiger partial charge in [0.05, 0.1) is 6.61 Å². The minimum absolute atomic E-state index is 0.123. The molecule has 28 heavy (non-hydrogen) atoms. The monoisotopic (exact) mass is 410 g/mol. The van der Waals surface area contributed by atoms with Crippen LogP contribution in [0.1, 0.15) is 39.0 Å². The lowest BCUT2D eigenvalue weighted by Gasteiger charge is -2.19. The molecule has 0 aromatic heterocycles. The Morgan fingerprint density at radius 1 is 0.750 bits per heavy atom. The molecule has 0 fully saturated rings. The van der Waals surface area contributed by atoms with E-state index in [2.05, 4.69) is 4.74 Å². The van der Waals surface area contributed by atoms with Crippen LogP contribution in [0.3, 0.4) is 0 Å². The van der Waals surface area contributed by atoms with Crippen molar-refractivity contribution in [2.24, 2.45) is 0 Å². The van der Waals surface area contributed by atoms with Gasteiger partial charge in [0.15, 0.2) is 24.4 Å². The van der Waals surface area contributed by atoms with Gasteiger partial charge in [-0.05, 0) is 32.1 Å². The molecule has 0 radical (unpaired) electrons. The molecule has 5 unspecified atom stereocenters. The van der Waals surface area contributed by atoms with Gasteiger partial charge in [-0.2, -0.15) is 0 Å². The van der Waals surface area contributed by atoms with E-state index in [0.717, 1.165) is 0 Å². The number of carbonyl (C=O) groups excluding carboxylic acids is 2. The van der Waals surface area contributed by atoms with E-state index in [1.807, 2.05) is 0 Å². The Kier molecular flexibility index (Phi) is 11.9. The maximum atomic E-state index is 11.6. The van der Waals surface area contributed by atoms with Crippen molar-refractivity contribution in [3.63, 3.8) is 0 Å². The summed E-state index contributed by atoms with van der Waals surface area (Å²) in [7, 11) is 0. The van der Waals surface area contributed by atoms with E-state index in [0.29, 0.717) is 32.1 Å². The Bertz CT molecular complexity index is 534. The summed E-state index contributed by atoms with van der Waals surface area (Å²) in [6.07, 6.45) is -7.42. The van der Waals surface area contributed by atoms with E-state index in [1.54, 1.807) is 6.92 Å². The fourth-order valence-corrected chi connectivity index (χ4v) is 2.02. The second kappa shape index (κ2) is 13.0. The summed E-state index contributed by atoms with van der Waals surface area (Å²) >= 11 is 0. The zero-order valence-corrected chi connectivity index (χ0v) is 15.3. The summed E-state index contributed by atoms with van der Waals surface area (Å²) in [5, 5.41) is 53.7. The van der Waals surface area contributed by atoms with Gasteiger partial charge in [-0.25, -0.2) is 19.2 Å². The number of aliphatic hydroxyl groups is 4. The molecule has 0 bridgehead atoms. The highest BCUT2D eigenvalue weighted by molar-refractivity contribution is 5.84. The SMILES string of the molecule is CCC(CCCCCOC(=O)C(O)C(O)C(=O)O)OC(=O)C(O)C(O)C(=O)O. The summed E-state index contributed by atoms with van der Waals surface area (Å²) in [5.74, 6) is -6.03. The minimum Gasteiger partial charge on any atom is -0.479 e. The number of ether oxygens (including phenoxy) is 2. The molecular weight excluding hydrogens is 384 g/mol. The Hall–Kier alpha value is -2.28. The van der Waals surface area contributed by atoms with Gasteiger partial charge < -0.3 is 40.1 Å². The first-order valence-corrected chi connectivity index (χ1v) is 8.57. The second-order valence-corrected chi connectivity index (χ2v) is 5.94. The van der Waals surface area contributed by atoms with Crippen molar-refractivity contribution in [1.82, 2.24) is 0 Å². The molecule has 0 aliphatic carbocycles. The van der Waals surface area contributed by atoms with Gasteiger partial charge in [-0.1, -0.05) is 6.92 Å². The highest BCUT2D eigenvalue weighted by Crippen LogP contribution is 2.12. The van der Waals surface area contributed by atoms with Crippen LogP contribution in [0.25, 0.3) is 0 Å². The van der Waals surface area contributed by atoms with Crippen molar-refractivity contribution >= 4 is 23.9 Å². The number of carbonyl (C=O) groups is 4. The molecule has 12 nitrogen and oxygen atoms in total. The molecule has 0 aliphatic rings. The van der Waals surface area contributed by atoms with Crippen LogP contribution in [0, 0.1) is 0 Å². The first kappa shape index (κ1) is 25.7. The van der Waals surface area contributed by atoms with Crippen LogP contribution < -0.4 is 0 Å². The predicted octanol–water partition coefficient (Wildman–Crippen LogP) is -1.98. The minimum atomic E-state index is -2.28. The number of rotatable bonds is 14.